The second-order valence-corrected chi connectivity index (χ2v) is 6.90. The molecule has 1 unspecified atom stereocenters. The smallest absolute Gasteiger partial charge is 0.238 e. The molecule has 112 valence electrons. The van der Waals surface area contributed by atoms with Crippen LogP contribution in [0.15, 0.2) is 41.4 Å². The van der Waals surface area contributed by atoms with E-state index in [2.05, 4.69) is 15.1 Å². The zero-order valence-corrected chi connectivity index (χ0v) is 12.4. The van der Waals surface area contributed by atoms with Gasteiger partial charge in [0.2, 0.25) is 10.0 Å². The summed E-state index contributed by atoms with van der Waals surface area (Å²) in [6, 6.07) is 8.76. The van der Waals surface area contributed by atoms with Crippen LogP contribution in [0.3, 0.4) is 0 Å². The lowest BCUT2D eigenvalue weighted by molar-refractivity contribution is 0.501. The number of H-pyrrole nitrogens is 1. The second kappa shape index (κ2) is 5.50. The fourth-order valence-corrected chi connectivity index (χ4v) is 3.32. The van der Waals surface area contributed by atoms with Crippen LogP contribution in [-0.4, -0.2) is 31.7 Å². The van der Waals surface area contributed by atoms with Crippen LogP contribution in [0.4, 0.5) is 5.69 Å². The molecule has 1 aromatic carbocycles. The largest absolute Gasteiger partial charge is 0.371 e. The molecule has 0 radical (unpaired) electrons. The molecule has 0 bridgehead atoms. The molecule has 2 heterocycles. The first-order valence-electron chi connectivity index (χ1n) is 6.91. The molecule has 3 N–H and O–H groups in total. The van der Waals surface area contributed by atoms with Gasteiger partial charge < -0.3 is 4.90 Å². The fourth-order valence-electron chi connectivity index (χ4n) is 2.81. The fraction of sp³-hybridized carbons (Fsp3) is 0.357. The number of rotatable bonds is 3. The third kappa shape index (κ3) is 3.08. The van der Waals surface area contributed by atoms with Gasteiger partial charge in [-0.15, -0.1) is 0 Å². The zero-order valence-electron chi connectivity index (χ0n) is 11.6. The van der Waals surface area contributed by atoms with Gasteiger partial charge in [-0.3, -0.25) is 5.10 Å². The van der Waals surface area contributed by atoms with Gasteiger partial charge in [0, 0.05) is 36.6 Å². The van der Waals surface area contributed by atoms with Crippen molar-refractivity contribution in [2.75, 3.05) is 18.0 Å². The molecule has 1 fully saturated rings. The topological polar surface area (TPSA) is 92.1 Å². The monoisotopic (exact) mass is 306 g/mol. The summed E-state index contributed by atoms with van der Waals surface area (Å²) in [5, 5.41) is 12.2. The zero-order chi connectivity index (χ0) is 14.9. The van der Waals surface area contributed by atoms with Crippen LogP contribution < -0.4 is 10.0 Å². The summed E-state index contributed by atoms with van der Waals surface area (Å²) in [7, 11) is -3.63. The number of benzene rings is 1. The van der Waals surface area contributed by atoms with E-state index < -0.39 is 10.0 Å². The van der Waals surface area contributed by atoms with Crippen molar-refractivity contribution in [1.29, 1.82) is 0 Å². The van der Waals surface area contributed by atoms with Crippen LogP contribution in [0, 0.1) is 0 Å². The average Bonchev–Trinajstić information content (AvgIpc) is 3.01. The Hall–Kier alpha value is -1.86. The van der Waals surface area contributed by atoms with Crippen molar-refractivity contribution < 1.29 is 8.42 Å². The summed E-state index contributed by atoms with van der Waals surface area (Å²) in [6.07, 6.45) is 4.00. The number of nitrogens with two attached hydrogens (primary N) is 1. The Morgan fingerprint density at radius 2 is 2.00 bits per heavy atom. The van der Waals surface area contributed by atoms with Crippen molar-refractivity contribution in [3.63, 3.8) is 0 Å². The highest BCUT2D eigenvalue weighted by molar-refractivity contribution is 7.89. The van der Waals surface area contributed by atoms with E-state index in [0.717, 1.165) is 37.3 Å². The highest BCUT2D eigenvalue weighted by atomic mass is 32.2. The molecule has 0 amide bonds. The molecule has 21 heavy (non-hydrogen) atoms. The lowest BCUT2D eigenvalue weighted by Crippen LogP contribution is -2.34. The van der Waals surface area contributed by atoms with E-state index in [1.165, 1.54) is 0 Å². The minimum atomic E-state index is -3.63. The van der Waals surface area contributed by atoms with Gasteiger partial charge in [0.05, 0.1) is 4.90 Å². The maximum atomic E-state index is 11.3. The van der Waals surface area contributed by atoms with Crippen LogP contribution >= 0.6 is 0 Å². The van der Waals surface area contributed by atoms with Gasteiger partial charge in [-0.05, 0) is 43.2 Å². The quantitative estimate of drug-likeness (QED) is 0.897. The number of nitrogens with zero attached hydrogens (tertiary/aromatic N) is 2. The summed E-state index contributed by atoms with van der Waals surface area (Å²) >= 11 is 0. The summed E-state index contributed by atoms with van der Waals surface area (Å²) in [4.78, 5) is 2.41. The first-order valence-corrected chi connectivity index (χ1v) is 8.46. The first-order chi connectivity index (χ1) is 10.0. The summed E-state index contributed by atoms with van der Waals surface area (Å²) < 4.78 is 22.6. The van der Waals surface area contributed by atoms with E-state index in [0.29, 0.717) is 5.92 Å². The van der Waals surface area contributed by atoms with Crippen LogP contribution in [0.2, 0.25) is 0 Å². The van der Waals surface area contributed by atoms with Gasteiger partial charge in [0.25, 0.3) is 0 Å². The van der Waals surface area contributed by atoms with Gasteiger partial charge >= 0.3 is 0 Å². The van der Waals surface area contributed by atoms with Crippen LogP contribution in [-0.2, 0) is 10.0 Å². The Labute approximate surface area is 124 Å². The van der Waals surface area contributed by atoms with Crippen molar-refractivity contribution in [2.24, 2.45) is 5.14 Å². The number of anilines is 1. The van der Waals surface area contributed by atoms with E-state index in [4.69, 9.17) is 5.14 Å². The molecule has 1 atom stereocenters. The standard InChI is InChI=1S/C14H18N4O2S/c15-21(19,20)13-5-3-12(4-6-13)18-9-1-2-11(10-18)14-7-8-16-17-14/h3-8,11H,1-2,9-10H2,(H,16,17)(H2,15,19,20). The lowest BCUT2D eigenvalue weighted by Gasteiger charge is -2.34. The molecule has 1 aliphatic heterocycles. The third-order valence-electron chi connectivity index (χ3n) is 3.91. The second-order valence-electron chi connectivity index (χ2n) is 5.34. The number of primary sulfonamides is 1. The minimum absolute atomic E-state index is 0.147. The van der Waals surface area contributed by atoms with Crippen LogP contribution in [0.1, 0.15) is 24.5 Å². The van der Waals surface area contributed by atoms with Crippen LogP contribution in [0.25, 0.3) is 0 Å². The van der Waals surface area contributed by atoms with Gasteiger partial charge in [-0.2, -0.15) is 5.10 Å². The highest BCUT2D eigenvalue weighted by Gasteiger charge is 2.22. The predicted octanol–water partition coefficient (Wildman–Crippen LogP) is 1.44. The molecule has 3 rings (SSSR count). The maximum Gasteiger partial charge on any atom is 0.238 e. The van der Waals surface area contributed by atoms with Crippen molar-refractivity contribution >= 4 is 15.7 Å². The van der Waals surface area contributed by atoms with Crippen molar-refractivity contribution in [3.8, 4) is 0 Å². The molecule has 6 nitrogen and oxygen atoms in total. The molecule has 0 spiro atoms. The van der Waals surface area contributed by atoms with E-state index >= 15 is 0 Å². The van der Waals surface area contributed by atoms with Crippen molar-refractivity contribution in [2.45, 2.75) is 23.7 Å². The van der Waals surface area contributed by atoms with Gasteiger partial charge in [-0.25, -0.2) is 13.6 Å². The number of nitrogens with one attached hydrogen (secondary N) is 1. The number of aromatic amines is 1. The first kappa shape index (κ1) is 14.1. The summed E-state index contributed by atoms with van der Waals surface area (Å²) in [5.41, 5.74) is 2.17. The minimum Gasteiger partial charge on any atom is -0.371 e. The van der Waals surface area contributed by atoms with Crippen molar-refractivity contribution in [1.82, 2.24) is 10.2 Å². The molecule has 7 heteroatoms. The molecule has 2 aromatic rings. The molecule has 1 aromatic heterocycles. The Morgan fingerprint density at radius 3 is 2.62 bits per heavy atom. The van der Waals surface area contributed by atoms with Crippen LogP contribution in [0.5, 0.6) is 0 Å². The van der Waals surface area contributed by atoms with E-state index in [1.54, 1.807) is 18.3 Å². The number of piperidine rings is 1. The Kier molecular flexibility index (Phi) is 3.69. The van der Waals surface area contributed by atoms with Crippen molar-refractivity contribution in [3.05, 3.63) is 42.2 Å². The lowest BCUT2D eigenvalue weighted by atomic mass is 9.94. The molecule has 1 saturated heterocycles. The number of sulfonamides is 1. The van der Waals surface area contributed by atoms with E-state index in [9.17, 15) is 8.42 Å². The molecule has 0 saturated carbocycles. The summed E-state index contributed by atoms with van der Waals surface area (Å²) in [6.45, 7) is 1.87. The highest BCUT2D eigenvalue weighted by Crippen LogP contribution is 2.29. The van der Waals surface area contributed by atoms with Gasteiger partial charge in [-0.1, -0.05) is 0 Å². The third-order valence-corrected chi connectivity index (χ3v) is 4.84. The molecular formula is C14H18N4O2S. The maximum absolute atomic E-state index is 11.3. The Balaban J connectivity index is 1.77. The SMILES string of the molecule is NS(=O)(=O)c1ccc(N2CCCC(c3ccn[nH]3)C2)cc1. The molecular weight excluding hydrogens is 288 g/mol. The number of hydrogen-bond acceptors (Lipinski definition) is 4. The predicted molar refractivity (Wildman–Crippen MR) is 80.6 cm³/mol. The average molecular weight is 306 g/mol. The normalized spacial score (nSPS) is 19.7. The van der Waals surface area contributed by atoms with E-state index in [-0.39, 0.29) is 4.90 Å². The van der Waals surface area contributed by atoms with Gasteiger partial charge in [0.15, 0.2) is 0 Å². The summed E-state index contributed by atoms with van der Waals surface area (Å²) in [5.74, 6) is 0.430. The Bertz CT molecular complexity index is 695. The molecule has 1 aliphatic rings. The Morgan fingerprint density at radius 1 is 1.24 bits per heavy atom. The van der Waals surface area contributed by atoms with E-state index in [1.807, 2.05) is 18.2 Å². The van der Waals surface area contributed by atoms with Gasteiger partial charge in [0.1, 0.15) is 0 Å². The molecule has 0 aliphatic carbocycles. The number of aromatic nitrogens is 2. The number of hydrogen-bond donors (Lipinski definition) is 2.